The van der Waals surface area contributed by atoms with Crippen LogP contribution in [0.25, 0.3) is 0 Å². The highest BCUT2D eigenvalue weighted by molar-refractivity contribution is 7.98. The van der Waals surface area contributed by atoms with E-state index in [1.807, 2.05) is 12.3 Å². The lowest BCUT2D eigenvalue weighted by Gasteiger charge is -2.04. The number of rotatable bonds is 2. The maximum Gasteiger partial charge on any atom is 0.190 e. The fraction of sp³-hybridized carbons (Fsp3) is 0.500. The Hall–Kier alpha value is -0.480. The molecule has 1 atom stereocenters. The largest absolute Gasteiger partial charge is 0.350 e. The predicted molar refractivity (Wildman–Crippen MR) is 55.6 cm³/mol. The van der Waals surface area contributed by atoms with Crippen molar-refractivity contribution in [2.45, 2.75) is 18.1 Å². The molecule has 1 aromatic rings. The van der Waals surface area contributed by atoms with Gasteiger partial charge in [-0.2, -0.15) is 0 Å². The summed E-state index contributed by atoms with van der Waals surface area (Å²) in [7, 11) is 0. The second-order valence-electron chi connectivity index (χ2n) is 3.04. The van der Waals surface area contributed by atoms with Gasteiger partial charge in [-0.05, 0) is 13.2 Å². The van der Waals surface area contributed by atoms with Gasteiger partial charge < -0.3 is 4.90 Å². The van der Waals surface area contributed by atoms with Gasteiger partial charge in [0.05, 0.1) is 0 Å². The maximum absolute atomic E-state index is 5.86. The van der Waals surface area contributed by atoms with Crippen molar-refractivity contribution >= 4 is 29.2 Å². The van der Waals surface area contributed by atoms with Gasteiger partial charge in [-0.1, -0.05) is 23.4 Å². The second kappa shape index (κ2) is 3.35. The summed E-state index contributed by atoms with van der Waals surface area (Å²) < 4.78 is 0. The molecule has 0 N–H and O–H groups in total. The predicted octanol–water partition coefficient (Wildman–Crippen LogP) is 2.06. The van der Waals surface area contributed by atoms with Crippen LogP contribution in [-0.4, -0.2) is 28.8 Å². The van der Waals surface area contributed by atoms with E-state index in [0.717, 1.165) is 17.5 Å². The molecule has 0 radical (unpaired) electrons. The van der Waals surface area contributed by atoms with Crippen molar-refractivity contribution in [1.82, 2.24) is 9.97 Å². The topological polar surface area (TPSA) is 28.8 Å². The van der Waals surface area contributed by atoms with Crippen molar-refractivity contribution in [1.29, 1.82) is 0 Å². The molecule has 2 rings (SSSR count). The van der Waals surface area contributed by atoms with Crippen LogP contribution in [0.1, 0.15) is 6.92 Å². The molecule has 13 heavy (non-hydrogen) atoms. The van der Waals surface area contributed by atoms with Gasteiger partial charge >= 0.3 is 0 Å². The first-order valence-electron chi connectivity index (χ1n) is 4.06. The average Bonchev–Trinajstić information content (AvgIpc) is 2.81. The lowest BCUT2D eigenvalue weighted by Crippen LogP contribution is -2.00. The molecule has 0 aliphatic carbocycles. The van der Waals surface area contributed by atoms with E-state index >= 15 is 0 Å². The summed E-state index contributed by atoms with van der Waals surface area (Å²) >= 11 is 7.37. The Kier molecular flexibility index (Phi) is 2.34. The quantitative estimate of drug-likeness (QED) is 0.327. The van der Waals surface area contributed by atoms with Gasteiger partial charge in [-0.3, -0.25) is 0 Å². The lowest BCUT2D eigenvalue weighted by atomic mass is 10.5. The van der Waals surface area contributed by atoms with Gasteiger partial charge in [0.15, 0.2) is 5.16 Å². The molecule has 1 saturated heterocycles. The van der Waals surface area contributed by atoms with Crippen LogP contribution in [-0.2, 0) is 0 Å². The van der Waals surface area contributed by atoms with E-state index in [4.69, 9.17) is 11.6 Å². The van der Waals surface area contributed by atoms with Crippen LogP contribution in [0.4, 0.5) is 5.82 Å². The molecule has 0 amide bonds. The van der Waals surface area contributed by atoms with Crippen LogP contribution < -0.4 is 4.90 Å². The number of nitrogens with zero attached hydrogens (tertiary/aromatic N) is 3. The Morgan fingerprint density at radius 3 is 2.85 bits per heavy atom. The van der Waals surface area contributed by atoms with Crippen LogP contribution in [0.5, 0.6) is 0 Å². The zero-order valence-electron chi connectivity index (χ0n) is 7.49. The minimum absolute atomic E-state index is 0.522. The summed E-state index contributed by atoms with van der Waals surface area (Å²) in [4.78, 5) is 10.6. The molecule has 1 aliphatic heterocycles. The number of aromatic nitrogens is 2. The summed E-state index contributed by atoms with van der Waals surface area (Å²) in [6, 6.07) is 2.41. The van der Waals surface area contributed by atoms with Crippen molar-refractivity contribution in [2.75, 3.05) is 17.7 Å². The van der Waals surface area contributed by atoms with Crippen LogP contribution in [0.15, 0.2) is 11.2 Å². The zero-order chi connectivity index (χ0) is 9.42. The van der Waals surface area contributed by atoms with Crippen LogP contribution in [0, 0.1) is 0 Å². The molecule has 1 unspecified atom stereocenters. The third-order valence-electron chi connectivity index (χ3n) is 2.00. The Labute approximate surface area is 86.5 Å². The van der Waals surface area contributed by atoms with Gasteiger partial charge in [0.25, 0.3) is 0 Å². The van der Waals surface area contributed by atoms with E-state index in [1.54, 1.807) is 0 Å². The third-order valence-corrected chi connectivity index (χ3v) is 2.74. The highest BCUT2D eigenvalue weighted by Crippen LogP contribution is 2.28. The van der Waals surface area contributed by atoms with Crippen molar-refractivity contribution in [3.8, 4) is 0 Å². The van der Waals surface area contributed by atoms with Crippen LogP contribution in [0.2, 0.25) is 5.15 Å². The second-order valence-corrected chi connectivity index (χ2v) is 4.20. The van der Waals surface area contributed by atoms with Crippen molar-refractivity contribution in [3.63, 3.8) is 0 Å². The highest BCUT2D eigenvalue weighted by Gasteiger charge is 2.30. The summed E-state index contributed by atoms with van der Waals surface area (Å²) in [6.45, 7) is 3.23. The Morgan fingerprint density at radius 2 is 2.31 bits per heavy atom. The monoisotopic (exact) mass is 215 g/mol. The molecule has 1 fully saturated rings. The molecule has 1 aliphatic rings. The average molecular weight is 216 g/mol. The molecule has 0 bridgehead atoms. The lowest BCUT2D eigenvalue weighted by molar-refractivity contribution is 0.951. The van der Waals surface area contributed by atoms with E-state index < -0.39 is 0 Å². The van der Waals surface area contributed by atoms with E-state index in [-0.39, 0.29) is 0 Å². The first-order chi connectivity index (χ1) is 6.20. The van der Waals surface area contributed by atoms with Gasteiger partial charge in [-0.25, -0.2) is 9.97 Å². The molecule has 2 heterocycles. The minimum atomic E-state index is 0.522. The molecule has 0 saturated carbocycles. The standard InChI is InChI=1S/C8H10ClN3S/c1-5-4-12(5)7-3-6(9)10-8(11-7)13-2/h3,5H,4H2,1-2H3. The van der Waals surface area contributed by atoms with Gasteiger partial charge in [-0.15, -0.1) is 0 Å². The summed E-state index contributed by atoms with van der Waals surface area (Å²) in [5, 5.41) is 1.26. The van der Waals surface area contributed by atoms with Gasteiger partial charge in [0.2, 0.25) is 0 Å². The fourth-order valence-corrected chi connectivity index (χ4v) is 1.78. The molecule has 1 aromatic heterocycles. The third kappa shape index (κ3) is 1.89. The number of thioether (sulfide) groups is 1. The maximum atomic E-state index is 5.86. The summed E-state index contributed by atoms with van der Waals surface area (Å²) in [5.41, 5.74) is 0. The van der Waals surface area contributed by atoms with Crippen molar-refractivity contribution in [2.24, 2.45) is 0 Å². The number of hydrogen-bond acceptors (Lipinski definition) is 4. The minimum Gasteiger partial charge on any atom is -0.350 e. The number of anilines is 1. The first-order valence-corrected chi connectivity index (χ1v) is 5.66. The fourth-order valence-electron chi connectivity index (χ4n) is 1.18. The Bertz CT molecular complexity index is 331. The van der Waals surface area contributed by atoms with E-state index in [9.17, 15) is 0 Å². The van der Waals surface area contributed by atoms with E-state index in [0.29, 0.717) is 11.2 Å². The van der Waals surface area contributed by atoms with Crippen LogP contribution in [0.3, 0.4) is 0 Å². The SMILES string of the molecule is CSc1nc(Cl)cc(N2CC2C)n1. The van der Waals surface area contributed by atoms with E-state index in [2.05, 4.69) is 21.8 Å². The number of hydrogen-bond donors (Lipinski definition) is 0. The van der Waals surface area contributed by atoms with Gasteiger partial charge in [0, 0.05) is 18.7 Å². The molecule has 0 aromatic carbocycles. The van der Waals surface area contributed by atoms with E-state index in [1.165, 1.54) is 11.8 Å². The summed E-state index contributed by atoms with van der Waals surface area (Å²) in [6.07, 6.45) is 1.95. The molecule has 5 heteroatoms. The van der Waals surface area contributed by atoms with Crippen molar-refractivity contribution < 1.29 is 0 Å². The van der Waals surface area contributed by atoms with Gasteiger partial charge in [0.1, 0.15) is 11.0 Å². The smallest absolute Gasteiger partial charge is 0.190 e. The zero-order valence-corrected chi connectivity index (χ0v) is 9.06. The Morgan fingerprint density at radius 1 is 1.62 bits per heavy atom. The normalized spacial score (nSPS) is 20.5. The first kappa shape index (κ1) is 9.09. The van der Waals surface area contributed by atoms with Crippen LogP contribution >= 0.6 is 23.4 Å². The molecule has 70 valence electrons. The summed E-state index contributed by atoms with van der Waals surface area (Å²) in [5.74, 6) is 0.942. The molecular weight excluding hydrogens is 206 g/mol. The highest BCUT2D eigenvalue weighted by atomic mass is 35.5. The molecular formula is C8H10ClN3S. The molecule has 0 spiro atoms. The molecule has 3 nitrogen and oxygen atoms in total. The Balaban J connectivity index is 2.30. The number of halogens is 1. The van der Waals surface area contributed by atoms with Crippen molar-refractivity contribution in [3.05, 3.63) is 11.2 Å².